The van der Waals surface area contributed by atoms with E-state index in [1.54, 1.807) is 18.3 Å². The summed E-state index contributed by atoms with van der Waals surface area (Å²) in [6.07, 6.45) is 1.67. The number of aliphatic imine (C=N–C) groups is 1. The van der Waals surface area contributed by atoms with Gasteiger partial charge in [0.2, 0.25) is 0 Å². The molecule has 0 radical (unpaired) electrons. The van der Waals surface area contributed by atoms with Crippen LogP contribution in [-0.2, 0) is 6.54 Å². The van der Waals surface area contributed by atoms with Crippen LogP contribution in [0.3, 0.4) is 0 Å². The molecule has 8 heteroatoms. The minimum Gasteiger partial charge on any atom is -0.370 e. The molecule has 0 aliphatic heterocycles. The lowest BCUT2D eigenvalue weighted by Gasteiger charge is -2.16. The van der Waals surface area contributed by atoms with Crippen molar-refractivity contribution in [1.29, 1.82) is 0 Å². The molecule has 1 aromatic carbocycles. The van der Waals surface area contributed by atoms with Crippen LogP contribution in [0, 0.1) is 0 Å². The molecule has 0 fully saturated rings. The molecule has 0 saturated carbocycles. The topological polar surface area (TPSA) is 79.1 Å². The number of H-pyrrole nitrogens is 1. The van der Waals surface area contributed by atoms with Crippen LogP contribution in [0.1, 0.15) is 24.2 Å². The summed E-state index contributed by atoms with van der Waals surface area (Å²) >= 11 is 12.0. The lowest BCUT2D eigenvalue weighted by molar-refractivity contribution is 0.707. The van der Waals surface area contributed by atoms with Gasteiger partial charge in [0.1, 0.15) is 0 Å². The highest BCUT2D eigenvalue weighted by atomic mass is 127. The Hall–Kier alpha value is -0.990. The standard InChI is InChI=1S/C13H15Cl2N5.HI/c1-8(11-3-2-9(14)6-12(11)15)19-13(16)17-7-10-4-5-18-20-10;/h2-6,8H,7H2,1H3,(H,18,20)(H3,16,17,19);1H. The Labute approximate surface area is 150 Å². The maximum Gasteiger partial charge on any atom is 0.189 e. The molecule has 0 amide bonds. The molecule has 5 nitrogen and oxygen atoms in total. The van der Waals surface area contributed by atoms with Gasteiger partial charge in [-0.1, -0.05) is 29.3 Å². The predicted octanol–water partition coefficient (Wildman–Crippen LogP) is 3.50. The Morgan fingerprint density at radius 1 is 1.43 bits per heavy atom. The number of rotatable bonds is 4. The first-order chi connectivity index (χ1) is 9.56. The average molecular weight is 440 g/mol. The molecular weight excluding hydrogens is 424 g/mol. The molecule has 0 aliphatic carbocycles. The van der Waals surface area contributed by atoms with Crippen LogP contribution in [0.5, 0.6) is 0 Å². The monoisotopic (exact) mass is 439 g/mol. The van der Waals surface area contributed by atoms with Crippen molar-refractivity contribution < 1.29 is 0 Å². The fourth-order valence-corrected chi connectivity index (χ4v) is 2.31. The van der Waals surface area contributed by atoms with Crippen molar-refractivity contribution in [3.05, 3.63) is 51.8 Å². The van der Waals surface area contributed by atoms with E-state index in [-0.39, 0.29) is 30.0 Å². The van der Waals surface area contributed by atoms with Gasteiger partial charge in [-0.25, -0.2) is 4.99 Å². The van der Waals surface area contributed by atoms with E-state index in [1.807, 2.05) is 19.1 Å². The first-order valence-electron chi connectivity index (χ1n) is 6.06. The van der Waals surface area contributed by atoms with Crippen LogP contribution in [0.15, 0.2) is 35.5 Å². The van der Waals surface area contributed by atoms with Gasteiger partial charge in [-0.15, -0.1) is 24.0 Å². The van der Waals surface area contributed by atoms with E-state index in [1.165, 1.54) is 0 Å². The zero-order valence-corrected chi connectivity index (χ0v) is 15.1. The molecule has 1 unspecified atom stereocenters. The number of guanidine groups is 1. The van der Waals surface area contributed by atoms with Crippen LogP contribution >= 0.6 is 47.2 Å². The Morgan fingerprint density at radius 3 is 2.81 bits per heavy atom. The minimum atomic E-state index is -0.0646. The van der Waals surface area contributed by atoms with Crippen molar-refractivity contribution in [2.45, 2.75) is 19.5 Å². The number of hydrogen-bond acceptors (Lipinski definition) is 2. The van der Waals surface area contributed by atoms with E-state index < -0.39 is 0 Å². The van der Waals surface area contributed by atoms with Gasteiger partial charge in [0, 0.05) is 16.2 Å². The van der Waals surface area contributed by atoms with Crippen LogP contribution < -0.4 is 11.1 Å². The number of nitrogens with two attached hydrogens (primary N) is 1. The highest BCUT2D eigenvalue weighted by Gasteiger charge is 2.10. The highest BCUT2D eigenvalue weighted by Crippen LogP contribution is 2.25. The zero-order chi connectivity index (χ0) is 14.5. The van der Waals surface area contributed by atoms with Gasteiger partial charge in [0.05, 0.1) is 18.3 Å². The molecule has 1 atom stereocenters. The number of nitrogens with one attached hydrogen (secondary N) is 2. The molecule has 21 heavy (non-hydrogen) atoms. The van der Waals surface area contributed by atoms with E-state index in [9.17, 15) is 0 Å². The van der Waals surface area contributed by atoms with E-state index in [4.69, 9.17) is 28.9 Å². The number of nitrogens with zero attached hydrogens (tertiary/aromatic N) is 2. The van der Waals surface area contributed by atoms with Crippen molar-refractivity contribution in [1.82, 2.24) is 15.5 Å². The number of halogens is 3. The first-order valence-corrected chi connectivity index (χ1v) is 6.81. The first kappa shape index (κ1) is 18.1. The fourth-order valence-electron chi connectivity index (χ4n) is 1.74. The summed E-state index contributed by atoms with van der Waals surface area (Å²) < 4.78 is 0. The fraction of sp³-hybridized carbons (Fsp3) is 0.231. The zero-order valence-electron chi connectivity index (χ0n) is 11.3. The van der Waals surface area contributed by atoms with Crippen LogP contribution in [-0.4, -0.2) is 16.2 Å². The van der Waals surface area contributed by atoms with Gasteiger partial charge in [-0.3, -0.25) is 5.10 Å². The van der Waals surface area contributed by atoms with Crippen LogP contribution in [0.25, 0.3) is 0 Å². The summed E-state index contributed by atoms with van der Waals surface area (Å²) in [4.78, 5) is 4.22. The van der Waals surface area contributed by atoms with E-state index >= 15 is 0 Å². The Balaban J connectivity index is 0.00000220. The Kier molecular flexibility index (Phi) is 7.27. The van der Waals surface area contributed by atoms with Crippen molar-refractivity contribution in [2.24, 2.45) is 10.7 Å². The second kappa shape index (κ2) is 8.45. The van der Waals surface area contributed by atoms with E-state index in [0.29, 0.717) is 22.5 Å². The lowest BCUT2D eigenvalue weighted by Crippen LogP contribution is -2.34. The Bertz CT molecular complexity index is 601. The third kappa shape index (κ3) is 5.37. The maximum atomic E-state index is 6.15. The van der Waals surface area contributed by atoms with Gasteiger partial charge < -0.3 is 11.1 Å². The second-order valence-electron chi connectivity index (χ2n) is 4.32. The minimum absolute atomic E-state index is 0. The number of benzene rings is 1. The number of aromatic nitrogens is 2. The van der Waals surface area contributed by atoms with Crippen molar-refractivity contribution in [2.75, 3.05) is 0 Å². The van der Waals surface area contributed by atoms with Crippen molar-refractivity contribution in [3.63, 3.8) is 0 Å². The lowest BCUT2D eigenvalue weighted by atomic mass is 10.1. The molecule has 114 valence electrons. The van der Waals surface area contributed by atoms with Gasteiger partial charge in [-0.05, 0) is 30.7 Å². The van der Waals surface area contributed by atoms with E-state index in [0.717, 1.165) is 11.3 Å². The van der Waals surface area contributed by atoms with Gasteiger partial charge in [-0.2, -0.15) is 5.10 Å². The number of aromatic amines is 1. The summed E-state index contributed by atoms with van der Waals surface area (Å²) in [6, 6.07) is 7.14. The SMILES string of the molecule is CC(NC(N)=NCc1ccn[nH]1)c1ccc(Cl)cc1Cl.I. The largest absolute Gasteiger partial charge is 0.370 e. The summed E-state index contributed by atoms with van der Waals surface area (Å²) in [6.45, 7) is 2.40. The molecule has 1 heterocycles. The molecule has 4 N–H and O–H groups in total. The van der Waals surface area contributed by atoms with Gasteiger partial charge in [0.15, 0.2) is 5.96 Å². The second-order valence-corrected chi connectivity index (χ2v) is 5.16. The smallest absolute Gasteiger partial charge is 0.189 e. The quantitative estimate of drug-likeness (QED) is 0.387. The summed E-state index contributed by atoms with van der Waals surface area (Å²) in [5.74, 6) is 0.345. The summed E-state index contributed by atoms with van der Waals surface area (Å²) in [5.41, 5.74) is 7.65. The van der Waals surface area contributed by atoms with Crippen molar-refractivity contribution in [3.8, 4) is 0 Å². The summed E-state index contributed by atoms with van der Waals surface area (Å²) in [7, 11) is 0. The molecule has 1 aromatic heterocycles. The van der Waals surface area contributed by atoms with Gasteiger partial charge >= 0.3 is 0 Å². The normalized spacial score (nSPS) is 12.6. The van der Waals surface area contributed by atoms with Gasteiger partial charge in [0.25, 0.3) is 0 Å². The Morgan fingerprint density at radius 2 is 2.19 bits per heavy atom. The molecule has 2 rings (SSSR count). The third-order valence-corrected chi connectivity index (χ3v) is 3.33. The highest BCUT2D eigenvalue weighted by molar-refractivity contribution is 14.0. The average Bonchev–Trinajstić information content (AvgIpc) is 2.89. The molecule has 0 aliphatic rings. The number of hydrogen-bond donors (Lipinski definition) is 3. The third-order valence-electron chi connectivity index (χ3n) is 2.77. The summed E-state index contributed by atoms with van der Waals surface area (Å²) in [5, 5.41) is 10.9. The van der Waals surface area contributed by atoms with Crippen molar-refractivity contribution >= 4 is 53.1 Å². The molecule has 0 saturated heterocycles. The predicted molar refractivity (Wildman–Crippen MR) is 97.3 cm³/mol. The molecular formula is C13H16Cl2IN5. The maximum absolute atomic E-state index is 6.15. The van der Waals surface area contributed by atoms with Crippen LogP contribution in [0.4, 0.5) is 0 Å². The molecule has 2 aromatic rings. The molecule has 0 bridgehead atoms. The van der Waals surface area contributed by atoms with Crippen LogP contribution in [0.2, 0.25) is 10.0 Å². The van der Waals surface area contributed by atoms with E-state index in [2.05, 4.69) is 20.5 Å². The molecule has 0 spiro atoms.